The van der Waals surface area contributed by atoms with E-state index < -0.39 is 55.2 Å². The summed E-state index contributed by atoms with van der Waals surface area (Å²) in [5.74, 6) is -2.20. The van der Waals surface area contributed by atoms with Gasteiger partial charge in [-0.2, -0.15) is 4.98 Å². The van der Waals surface area contributed by atoms with Gasteiger partial charge in [0.1, 0.15) is 36.4 Å². The number of nitrogens with zero attached hydrogens (tertiary/aromatic N) is 2. The third-order valence-electron chi connectivity index (χ3n) is 5.32. The highest BCUT2D eigenvalue weighted by Gasteiger charge is 2.57. The molecule has 2 aromatic rings. The molecule has 0 aliphatic carbocycles. The number of aliphatic hydroxyl groups excluding tert-OH is 2. The lowest BCUT2D eigenvalue weighted by Crippen LogP contribution is -2.49. The molecule has 2 heterocycles. The summed E-state index contributed by atoms with van der Waals surface area (Å²) in [6, 6.07) is 8.96. The number of nitrogens with one attached hydrogen (secondary N) is 1. The number of hydrogen-bond acceptors (Lipinski definition) is 12. The first kappa shape index (κ1) is 29.1. The monoisotopic (exact) mass is 558 g/mol. The van der Waals surface area contributed by atoms with Crippen LogP contribution in [-0.2, 0) is 35.3 Å². The highest BCUT2D eigenvalue weighted by molar-refractivity contribution is 8.09. The van der Waals surface area contributed by atoms with Crippen molar-refractivity contribution < 1.29 is 38.3 Å². The third-order valence-corrected chi connectivity index (χ3v) is 7.80. The molecule has 0 radical (unpaired) electrons. The topological polar surface area (TPSA) is 177 Å². The van der Waals surface area contributed by atoms with Gasteiger partial charge in [0.25, 0.3) is 0 Å². The molecule has 1 aliphatic rings. The van der Waals surface area contributed by atoms with E-state index in [1.54, 1.807) is 44.2 Å². The molecule has 1 aromatic heterocycles. The summed E-state index contributed by atoms with van der Waals surface area (Å²) in [6.45, 7) is 0.892. The van der Waals surface area contributed by atoms with Crippen molar-refractivity contribution in [3.63, 3.8) is 0 Å². The molecule has 6 atom stereocenters. The molecule has 0 bridgehead atoms. The number of carbonyl (C=O) groups excluding carboxylic acids is 1. The van der Waals surface area contributed by atoms with E-state index in [0.29, 0.717) is 5.75 Å². The van der Waals surface area contributed by atoms with E-state index in [0.717, 1.165) is 4.57 Å². The van der Waals surface area contributed by atoms with Gasteiger partial charge in [0.05, 0.1) is 6.10 Å². The molecule has 204 valence electrons. The lowest BCUT2D eigenvalue weighted by atomic mass is 10.1. The minimum atomic E-state index is -3.52. The number of nitrogens with two attached hydrogens (primary N) is 1. The summed E-state index contributed by atoms with van der Waals surface area (Å²) in [7, 11) is 1.23. The van der Waals surface area contributed by atoms with E-state index in [-0.39, 0.29) is 11.9 Å². The summed E-state index contributed by atoms with van der Waals surface area (Å²) >= 11 is 5.66. The molecule has 1 fully saturated rings. The maximum absolute atomic E-state index is 12.4. The van der Waals surface area contributed by atoms with Gasteiger partial charge in [-0.1, -0.05) is 18.2 Å². The van der Waals surface area contributed by atoms with E-state index >= 15 is 0 Å². The third kappa shape index (κ3) is 6.92. The van der Waals surface area contributed by atoms with Crippen molar-refractivity contribution in [2.75, 3.05) is 19.5 Å². The zero-order chi connectivity index (χ0) is 27.4. The van der Waals surface area contributed by atoms with E-state index in [9.17, 15) is 19.8 Å². The number of benzene rings is 1. The van der Waals surface area contributed by atoms with Crippen molar-refractivity contribution in [2.24, 2.45) is 0 Å². The number of para-hydroxylation sites is 1. The SMILES string of the molecule is CO[C@]1(COP(=S)(N[C@H](C)C(=O)OC(C)C)Oc2ccccc2)O[C@@H](n2ccc(N)nc2=O)[C@H](O)[C@@H]1O. The predicted molar refractivity (Wildman–Crippen MR) is 136 cm³/mol. The Morgan fingerprint density at radius 1 is 1.30 bits per heavy atom. The highest BCUT2D eigenvalue weighted by atomic mass is 32.5. The Morgan fingerprint density at radius 3 is 2.57 bits per heavy atom. The summed E-state index contributed by atoms with van der Waals surface area (Å²) in [6.07, 6.45) is -3.73. The first-order valence-electron chi connectivity index (χ1n) is 11.3. The number of aromatic nitrogens is 2. The maximum atomic E-state index is 12.4. The summed E-state index contributed by atoms with van der Waals surface area (Å²) in [4.78, 5) is 28.3. The molecular formula is C22H31N4O9PS. The van der Waals surface area contributed by atoms with Gasteiger partial charge in [0.2, 0.25) is 5.79 Å². The van der Waals surface area contributed by atoms with Crippen LogP contribution in [0.1, 0.15) is 27.0 Å². The molecule has 0 spiro atoms. The van der Waals surface area contributed by atoms with Crippen molar-refractivity contribution in [2.45, 2.75) is 57.1 Å². The quantitative estimate of drug-likeness (QED) is 0.224. The summed E-state index contributed by atoms with van der Waals surface area (Å²) < 4.78 is 29.3. The molecular weight excluding hydrogens is 527 g/mol. The van der Waals surface area contributed by atoms with Crippen LogP contribution in [0.2, 0.25) is 0 Å². The van der Waals surface area contributed by atoms with Gasteiger partial charge < -0.3 is 39.2 Å². The van der Waals surface area contributed by atoms with E-state index in [4.69, 9.17) is 40.8 Å². The van der Waals surface area contributed by atoms with Crippen molar-refractivity contribution >= 4 is 30.2 Å². The normalized spacial score (nSPS) is 26.0. The number of esters is 1. The Labute approximate surface area is 218 Å². The Bertz CT molecular complexity index is 1180. The zero-order valence-electron chi connectivity index (χ0n) is 20.7. The number of ether oxygens (including phenoxy) is 3. The van der Waals surface area contributed by atoms with Crippen LogP contribution in [0.25, 0.3) is 0 Å². The fourth-order valence-electron chi connectivity index (χ4n) is 3.46. The van der Waals surface area contributed by atoms with Crippen LogP contribution in [0.3, 0.4) is 0 Å². The molecule has 3 rings (SSSR count). The number of anilines is 1. The largest absolute Gasteiger partial charge is 0.462 e. The smallest absolute Gasteiger partial charge is 0.351 e. The first-order valence-corrected chi connectivity index (χ1v) is 13.9. The van der Waals surface area contributed by atoms with Crippen molar-refractivity contribution in [1.29, 1.82) is 0 Å². The minimum absolute atomic E-state index is 0.0226. The lowest BCUT2D eigenvalue weighted by Gasteiger charge is -2.33. The number of hydrogen-bond donors (Lipinski definition) is 4. The highest BCUT2D eigenvalue weighted by Crippen LogP contribution is 2.48. The van der Waals surface area contributed by atoms with Gasteiger partial charge in [-0.3, -0.25) is 9.36 Å². The summed E-state index contributed by atoms with van der Waals surface area (Å²) in [5.41, 5.74) is 4.73. The number of rotatable bonds is 11. The van der Waals surface area contributed by atoms with Gasteiger partial charge in [-0.25, -0.2) is 9.88 Å². The van der Waals surface area contributed by atoms with Crippen LogP contribution in [0, 0.1) is 0 Å². The van der Waals surface area contributed by atoms with E-state index in [2.05, 4.69) is 10.1 Å². The van der Waals surface area contributed by atoms with Gasteiger partial charge in [0, 0.05) is 13.3 Å². The Balaban J connectivity index is 1.85. The second-order valence-electron chi connectivity index (χ2n) is 8.51. The lowest BCUT2D eigenvalue weighted by molar-refractivity contribution is -0.266. The van der Waals surface area contributed by atoms with Crippen molar-refractivity contribution in [3.8, 4) is 5.75 Å². The molecule has 37 heavy (non-hydrogen) atoms. The molecule has 1 unspecified atom stereocenters. The van der Waals surface area contributed by atoms with Crippen LogP contribution in [-0.4, -0.2) is 69.6 Å². The van der Waals surface area contributed by atoms with Gasteiger partial charge in [0.15, 0.2) is 6.23 Å². The maximum Gasteiger partial charge on any atom is 0.351 e. The average Bonchev–Trinajstić information content (AvgIpc) is 3.08. The average molecular weight is 559 g/mol. The van der Waals surface area contributed by atoms with Crippen LogP contribution < -0.4 is 21.0 Å². The van der Waals surface area contributed by atoms with Gasteiger partial charge >= 0.3 is 18.3 Å². The molecule has 5 N–H and O–H groups in total. The molecule has 15 heteroatoms. The van der Waals surface area contributed by atoms with E-state index in [1.807, 2.05) is 0 Å². The Hall–Kier alpha value is -2.42. The van der Waals surface area contributed by atoms with Crippen LogP contribution in [0.4, 0.5) is 5.82 Å². The fourth-order valence-corrected chi connectivity index (χ4v) is 5.86. The van der Waals surface area contributed by atoms with Crippen LogP contribution in [0.5, 0.6) is 5.75 Å². The second kappa shape index (κ2) is 12.0. The first-order chi connectivity index (χ1) is 17.4. The molecule has 13 nitrogen and oxygen atoms in total. The number of nitrogen functional groups attached to an aromatic ring is 1. The van der Waals surface area contributed by atoms with E-state index in [1.165, 1.54) is 26.3 Å². The number of aliphatic hydroxyl groups is 2. The zero-order valence-corrected chi connectivity index (χ0v) is 22.4. The number of carbonyl (C=O) groups is 1. The second-order valence-corrected chi connectivity index (χ2v) is 11.6. The predicted octanol–water partition coefficient (Wildman–Crippen LogP) is 0.669. The fraction of sp³-hybridized carbons (Fsp3) is 0.500. The van der Waals surface area contributed by atoms with Gasteiger partial charge in [-0.05, 0) is 50.8 Å². The molecule has 1 aromatic carbocycles. The summed E-state index contributed by atoms with van der Waals surface area (Å²) in [5, 5.41) is 24.4. The molecule has 0 amide bonds. The van der Waals surface area contributed by atoms with Crippen molar-refractivity contribution in [3.05, 3.63) is 53.1 Å². The molecule has 0 saturated carbocycles. The van der Waals surface area contributed by atoms with Crippen LogP contribution >= 0.6 is 6.64 Å². The standard InChI is InChI=1S/C22H31N4O9PS/c1-13(2)33-20(29)14(3)25-36(37,35-15-8-6-5-7-9-15)32-12-22(31-4)18(28)17(27)19(34-22)26-11-10-16(23)24-21(26)30/h5-11,13-14,17-19,27-28H,12H2,1-4H3,(H,25,37)(H2,23,24,30)/t14-,17-,18+,19-,22-,36?/m1/s1. The molecule has 1 saturated heterocycles. The molecule has 1 aliphatic heterocycles. The van der Waals surface area contributed by atoms with Crippen molar-refractivity contribution in [1.82, 2.24) is 14.6 Å². The minimum Gasteiger partial charge on any atom is -0.462 e. The van der Waals surface area contributed by atoms with Gasteiger partial charge in [-0.15, -0.1) is 0 Å². The Morgan fingerprint density at radius 2 is 1.97 bits per heavy atom. The number of methoxy groups -OCH3 is 1. The van der Waals surface area contributed by atoms with Crippen LogP contribution in [0.15, 0.2) is 47.4 Å². The Kier molecular flexibility index (Phi) is 9.42.